The lowest BCUT2D eigenvalue weighted by molar-refractivity contribution is 0.391. The molecule has 2 nitrogen and oxygen atoms in total. The van der Waals surface area contributed by atoms with Gasteiger partial charge in [-0.05, 0) is 6.07 Å². The number of phenolic OH excluding ortho intramolecular Hbond substituents is 2. The summed E-state index contributed by atoms with van der Waals surface area (Å²) in [6, 6.07) is 0.171. The molecule has 0 radical (unpaired) electrons. The Balaban J connectivity index is 2.77. The molecule has 9 heteroatoms. The minimum absolute atomic E-state index is 0.171. The summed E-state index contributed by atoms with van der Waals surface area (Å²) in [7, 11) is 0. The molecule has 0 saturated heterocycles. The van der Waals surface area contributed by atoms with E-state index >= 15 is 0 Å². The van der Waals surface area contributed by atoms with Gasteiger partial charge in [-0.15, -0.1) is 0 Å². The third-order valence-electron chi connectivity index (χ3n) is 3.39. The van der Waals surface area contributed by atoms with Gasteiger partial charge < -0.3 is 10.2 Å². The molecule has 3 aromatic rings. The van der Waals surface area contributed by atoms with Crippen molar-refractivity contribution in [2.45, 2.75) is 0 Å². The minimum Gasteiger partial charge on any atom is -0.506 e. The molecule has 0 bridgehead atoms. The van der Waals surface area contributed by atoms with Gasteiger partial charge in [-0.1, -0.05) is 0 Å². The number of hydrogen-bond donors (Lipinski definition) is 2. The van der Waals surface area contributed by atoms with Gasteiger partial charge in [0.25, 0.3) is 0 Å². The van der Waals surface area contributed by atoms with Gasteiger partial charge in [0.05, 0.1) is 16.2 Å². The van der Waals surface area contributed by atoms with Crippen LogP contribution in [0.3, 0.4) is 0 Å². The molecule has 3 aromatic carbocycles. The largest absolute Gasteiger partial charge is 0.506 e. The first kappa shape index (κ1) is 15.2. The van der Waals surface area contributed by atoms with E-state index in [2.05, 4.69) is 0 Å². The highest BCUT2D eigenvalue weighted by molar-refractivity contribution is 6.08. The summed E-state index contributed by atoms with van der Waals surface area (Å²) in [6.45, 7) is 0. The fraction of sp³-hybridized carbons (Fsp3) is 0. The fourth-order valence-corrected chi connectivity index (χ4v) is 2.34. The topological polar surface area (TPSA) is 40.5 Å². The molecule has 23 heavy (non-hydrogen) atoms. The molecule has 2 N–H and O–H groups in total. The first-order chi connectivity index (χ1) is 10.7. The molecule has 0 aliphatic heterocycles. The Morgan fingerprint density at radius 3 is 1.70 bits per heavy atom. The molecular weight excluding hydrogens is 333 g/mol. The minimum atomic E-state index is -2.28. The summed E-state index contributed by atoms with van der Waals surface area (Å²) in [5.74, 6) is -17.5. The zero-order valence-corrected chi connectivity index (χ0v) is 10.6. The first-order valence-electron chi connectivity index (χ1n) is 5.85. The van der Waals surface area contributed by atoms with Crippen LogP contribution >= 0.6 is 0 Å². The van der Waals surface area contributed by atoms with E-state index in [1.807, 2.05) is 0 Å². The maximum atomic E-state index is 14.3. The normalized spacial score (nSPS) is 11.6. The van der Waals surface area contributed by atoms with Crippen LogP contribution in [0.1, 0.15) is 0 Å². The summed E-state index contributed by atoms with van der Waals surface area (Å²) in [5.41, 5.74) is 0. The zero-order chi connectivity index (χ0) is 17.2. The Bertz CT molecular complexity index is 1010. The van der Waals surface area contributed by atoms with Crippen LogP contribution in [0.25, 0.3) is 21.5 Å². The molecule has 0 aromatic heterocycles. The van der Waals surface area contributed by atoms with Gasteiger partial charge in [-0.25, -0.2) is 26.3 Å². The average Bonchev–Trinajstić information content (AvgIpc) is 2.51. The molecule has 0 heterocycles. The van der Waals surface area contributed by atoms with Crippen LogP contribution in [-0.4, -0.2) is 10.2 Å². The van der Waals surface area contributed by atoms with Crippen molar-refractivity contribution < 1.29 is 40.9 Å². The van der Waals surface area contributed by atoms with E-state index in [9.17, 15) is 40.9 Å². The number of fused-ring (bicyclic) bond motifs is 2. The molecule has 0 spiro atoms. The van der Waals surface area contributed by atoms with E-state index < -0.39 is 73.8 Å². The van der Waals surface area contributed by atoms with Crippen LogP contribution in [0.15, 0.2) is 6.07 Å². The molecule has 0 fully saturated rings. The van der Waals surface area contributed by atoms with Crippen molar-refractivity contribution in [3.8, 4) is 11.5 Å². The van der Waals surface area contributed by atoms with Gasteiger partial charge in [-0.2, -0.15) is 4.39 Å². The first-order valence-corrected chi connectivity index (χ1v) is 5.85. The van der Waals surface area contributed by atoms with E-state index in [1.165, 1.54) is 0 Å². The SMILES string of the molecule is Oc1c(F)c(F)c(F)c2c(F)c3c(F)c(F)c(F)cc3c(O)c12. The summed E-state index contributed by atoms with van der Waals surface area (Å²) in [4.78, 5) is 0. The summed E-state index contributed by atoms with van der Waals surface area (Å²) in [6.07, 6.45) is 0. The number of aromatic hydroxyl groups is 2. The van der Waals surface area contributed by atoms with Gasteiger partial charge >= 0.3 is 0 Å². The highest BCUT2D eigenvalue weighted by Gasteiger charge is 2.29. The molecule has 0 atom stereocenters. The third kappa shape index (κ3) is 1.76. The van der Waals surface area contributed by atoms with Gasteiger partial charge in [0, 0.05) is 5.39 Å². The van der Waals surface area contributed by atoms with Crippen molar-refractivity contribution in [3.63, 3.8) is 0 Å². The second-order valence-corrected chi connectivity index (χ2v) is 4.61. The van der Waals surface area contributed by atoms with Crippen molar-refractivity contribution in [1.29, 1.82) is 0 Å². The molecule has 3 rings (SSSR count). The van der Waals surface area contributed by atoms with E-state index in [-0.39, 0.29) is 6.07 Å². The maximum absolute atomic E-state index is 14.3. The van der Waals surface area contributed by atoms with Gasteiger partial charge in [0.1, 0.15) is 11.6 Å². The molecule has 120 valence electrons. The monoisotopic (exact) mass is 336 g/mol. The Morgan fingerprint density at radius 2 is 1.09 bits per heavy atom. The molecular formula is C14H3F7O2. The highest BCUT2D eigenvalue weighted by atomic mass is 19.2. The highest BCUT2D eigenvalue weighted by Crippen LogP contribution is 2.45. The fourth-order valence-electron chi connectivity index (χ4n) is 2.34. The van der Waals surface area contributed by atoms with Crippen molar-refractivity contribution in [2.24, 2.45) is 0 Å². The van der Waals surface area contributed by atoms with Crippen LogP contribution in [0.4, 0.5) is 30.7 Å². The molecule has 0 amide bonds. The standard InChI is InChI=1S/C14H3F7O2/c15-3-1-2-4(9(18)7(3)16)8(17)5-6(13(2)22)14(23)12(21)11(20)10(5)19/h1,22-23H. The molecule has 0 unspecified atom stereocenters. The lowest BCUT2D eigenvalue weighted by Crippen LogP contribution is -2.01. The third-order valence-corrected chi connectivity index (χ3v) is 3.39. The van der Waals surface area contributed by atoms with Crippen molar-refractivity contribution >= 4 is 21.5 Å². The van der Waals surface area contributed by atoms with Crippen molar-refractivity contribution in [3.05, 3.63) is 46.8 Å². The van der Waals surface area contributed by atoms with Crippen LogP contribution in [0.5, 0.6) is 11.5 Å². The number of halogens is 7. The smallest absolute Gasteiger partial charge is 0.204 e. The number of benzene rings is 3. The quantitative estimate of drug-likeness (QED) is 0.363. The van der Waals surface area contributed by atoms with Gasteiger partial charge in [-0.3, -0.25) is 0 Å². The van der Waals surface area contributed by atoms with Gasteiger partial charge in [0.15, 0.2) is 34.8 Å². The van der Waals surface area contributed by atoms with Crippen LogP contribution < -0.4 is 0 Å². The second kappa shape index (κ2) is 4.64. The van der Waals surface area contributed by atoms with E-state index in [0.717, 1.165) is 0 Å². The predicted molar refractivity (Wildman–Crippen MR) is 64.5 cm³/mol. The lowest BCUT2D eigenvalue weighted by atomic mass is 9.99. The van der Waals surface area contributed by atoms with E-state index in [0.29, 0.717) is 0 Å². The maximum Gasteiger partial charge on any atom is 0.204 e. The van der Waals surface area contributed by atoms with Crippen molar-refractivity contribution in [2.75, 3.05) is 0 Å². The Morgan fingerprint density at radius 1 is 0.522 bits per heavy atom. The number of hydrogen-bond acceptors (Lipinski definition) is 2. The van der Waals surface area contributed by atoms with Crippen LogP contribution in [0, 0.1) is 40.7 Å². The van der Waals surface area contributed by atoms with Crippen molar-refractivity contribution in [1.82, 2.24) is 0 Å². The Hall–Kier alpha value is -2.71. The number of phenols is 2. The molecule has 0 aliphatic carbocycles. The Labute approximate surface area is 122 Å². The molecule has 0 aliphatic rings. The predicted octanol–water partition coefficient (Wildman–Crippen LogP) is 4.38. The second-order valence-electron chi connectivity index (χ2n) is 4.61. The van der Waals surface area contributed by atoms with E-state index in [4.69, 9.17) is 0 Å². The Kier molecular flexibility index (Phi) is 3.07. The van der Waals surface area contributed by atoms with E-state index in [1.54, 1.807) is 0 Å². The molecule has 0 saturated carbocycles. The summed E-state index contributed by atoms with van der Waals surface area (Å²) >= 11 is 0. The van der Waals surface area contributed by atoms with Crippen LogP contribution in [-0.2, 0) is 0 Å². The average molecular weight is 336 g/mol. The zero-order valence-electron chi connectivity index (χ0n) is 10.6. The summed E-state index contributed by atoms with van der Waals surface area (Å²) in [5, 5.41) is 14.2. The summed E-state index contributed by atoms with van der Waals surface area (Å²) < 4.78 is 94.8. The van der Waals surface area contributed by atoms with Gasteiger partial charge in [0.2, 0.25) is 5.82 Å². The van der Waals surface area contributed by atoms with Crippen LogP contribution in [0.2, 0.25) is 0 Å². The number of rotatable bonds is 0. The lowest BCUT2D eigenvalue weighted by Gasteiger charge is -2.13.